The number of benzene rings is 1. The van der Waals surface area contributed by atoms with E-state index in [0.717, 1.165) is 19.1 Å². The molecule has 1 aromatic rings. The third-order valence-electron chi connectivity index (χ3n) is 5.04. The Morgan fingerprint density at radius 3 is 2.35 bits per heavy atom. The zero-order valence-electron chi connectivity index (χ0n) is 21.2. The highest BCUT2D eigenvalue weighted by Crippen LogP contribution is 2.42. The fourth-order valence-electron chi connectivity index (χ4n) is 3.30. The van der Waals surface area contributed by atoms with Gasteiger partial charge in [-0.3, -0.25) is 0 Å². The third kappa shape index (κ3) is 9.97. The molecule has 0 saturated heterocycles. The predicted molar refractivity (Wildman–Crippen MR) is 119 cm³/mol. The molecule has 2 rings (SSSR count). The number of carbonyl (C=O) groups excluding carboxylic acids is 2. The van der Waals surface area contributed by atoms with Crippen LogP contribution in [0.15, 0.2) is 17.7 Å². The highest BCUT2D eigenvalue weighted by atomic mass is 19.4. The van der Waals surface area contributed by atoms with Crippen molar-refractivity contribution in [3.63, 3.8) is 0 Å². The predicted octanol–water partition coefficient (Wildman–Crippen LogP) is 4.04. The quantitative estimate of drug-likeness (QED) is 0.115. The fourth-order valence-corrected chi connectivity index (χ4v) is 3.30. The van der Waals surface area contributed by atoms with Gasteiger partial charge in [0.1, 0.15) is 24.7 Å². The highest BCUT2D eigenvalue weighted by Gasteiger charge is 2.49. The number of nitrogens with zero attached hydrogens (tertiary/aromatic N) is 2. The second-order valence-electron chi connectivity index (χ2n) is 8.09. The van der Waals surface area contributed by atoms with Gasteiger partial charge in [0.15, 0.2) is 0 Å². The Bertz CT molecular complexity index is 1110. The average molecular weight is 590 g/mol. The van der Waals surface area contributed by atoms with Crippen molar-refractivity contribution in [2.75, 3.05) is 33.4 Å². The minimum atomic E-state index is -5.13. The van der Waals surface area contributed by atoms with Crippen molar-refractivity contribution < 1.29 is 69.5 Å². The number of esters is 1. The van der Waals surface area contributed by atoms with E-state index >= 15 is 0 Å². The monoisotopic (exact) mass is 590 g/mol. The van der Waals surface area contributed by atoms with Gasteiger partial charge in [0.25, 0.3) is 5.09 Å². The van der Waals surface area contributed by atoms with Gasteiger partial charge in [0, 0.05) is 25.6 Å². The van der Waals surface area contributed by atoms with Crippen molar-refractivity contribution in [1.29, 1.82) is 0 Å². The second kappa shape index (κ2) is 13.4. The minimum absolute atomic E-state index is 0.0228. The summed E-state index contributed by atoms with van der Waals surface area (Å²) < 4.78 is 102. The van der Waals surface area contributed by atoms with Gasteiger partial charge in [0.05, 0.1) is 5.57 Å². The maximum atomic E-state index is 13.8. The number of halogens is 6. The van der Waals surface area contributed by atoms with Gasteiger partial charge >= 0.3 is 24.7 Å². The van der Waals surface area contributed by atoms with Crippen molar-refractivity contribution in [2.45, 2.75) is 45.2 Å². The SMILES string of the molecule is CCc1cc(OC(F)(F)F)cc2c1OC(C(F)(F)F)C(C(=O)OC(C)OC(=O)OCCN(C)CCO[N+](=O)[O-])=C2. The topological polar surface area (TPSA) is 136 Å². The van der Waals surface area contributed by atoms with E-state index in [1.54, 1.807) is 7.05 Å². The number of hydrogen-bond acceptors (Lipinski definition) is 11. The smallest absolute Gasteiger partial charge is 0.475 e. The van der Waals surface area contributed by atoms with Crippen LogP contribution in [0.1, 0.15) is 25.0 Å². The van der Waals surface area contributed by atoms with Gasteiger partial charge in [-0.15, -0.1) is 23.3 Å². The first-order valence-corrected chi connectivity index (χ1v) is 11.4. The van der Waals surface area contributed by atoms with Crippen LogP contribution in [-0.2, 0) is 30.3 Å². The average Bonchev–Trinajstić information content (AvgIpc) is 2.80. The first-order valence-electron chi connectivity index (χ1n) is 11.4. The molecule has 224 valence electrons. The number of alkyl halides is 6. The summed E-state index contributed by atoms with van der Waals surface area (Å²) in [4.78, 5) is 40.2. The fraction of sp³-hybridized carbons (Fsp3) is 0.545. The molecule has 0 aromatic heterocycles. The molecule has 2 atom stereocenters. The van der Waals surface area contributed by atoms with Crippen LogP contribution in [-0.4, -0.2) is 80.4 Å². The molecule has 0 radical (unpaired) electrons. The van der Waals surface area contributed by atoms with Gasteiger partial charge in [0.2, 0.25) is 12.4 Å². The Hall–Kier alpha value is -3.96. The molecule has 0 bridgehead atoms. The Kier molecular flexibility index (Phi) is 10.8. The van der Waals surface area contributed by atoms with Gasteiger partial charge < -0.3 is 33.4 Å². The van der Waals surface area contributed by atoms with Crippen LogP contribution in [0.5, 0.6) is 11.5 Å². The van der Waals surface area contributed by atoms with Crippen molar-refractivity contribution in [3.05, 3.63) is 38.9 Å². The summed E-state index contributed by atoms with van der Waals surface area (Å²) in [7, 11) is 1.54. The van der Waals surface area contributed by atoms with Crippen molar-refractivity contribution in [1.82, 2.24) is 4.90 Å². The molecule has 0 spiro atoms. The molecule has 0 fully saturated rings. The summed E-state index contributed by atoms with van der Waals surface area (Å²) in [6, 6.07) is 1.62. The summed E-state index contributed by atoms with van der Waals surface area (Å²) in [6.07, 6.45) is -15.5. The van der Waals surface area contributed by atoms with Crippen LogP contribution in [0.3, 0.4) is 0 Å². The van der Waals surface area contributed by atoms with E-state index in [4.69, 9.17) is 14.2 Å². The van der Waals surface area contributed by atoms with Crippen LogP contribution >= 0.6 is 0 Å². The van der Waals surface area contributed by atoms with Crippen LogP contribution < -0.4 is 9.47 Å². The number of carbonyl (C=O) groups is 2. The minimum Gasteiger partial charge on any atom is -0.475 e. The molecule has 12 nitrogen and oxygen atoms in total. The van der Waals surface area contributed by atoms with Crippen LogP contribution in [0.25, 0.3) is 6.08 Å². The van der Waals surface area contributed by atoms with E-state index < -0.39 is 59.2 Å². The van der Waals surface area contributed by atoms with Gasteiger partial charge in [-0.25, -0.2) is 9.59 Å². The van der Waals surface area contributed by atoms with E-state index in [2.05, 4.69) is 14.3 Å². The largest absolute Gasteiger partial charge is 0.573 e. The standard InChI is InChI=1S/C22H24F6N2O10/c1-4-13-9-15(40-22(26,27)28)10-14-11-16(18(21(23,24)25)39-17(13)14)19(31)37-12(2)38-20(32)35-7-5-29(3)6-8-36-30(33)34/h9-12,18H,4-8H2,1-3H3. The van der Waals surface area contributed by atoms with Gasteiger partial charge in [-0.05, 0) is 37.2 Å². The third-order valence-corrected chi connectivity index (χ3v) is 5.04. The zero-order valence-corrected chi connectivity index (χ0v) is 21.2. The first kappa shape index (κ1) is 32.3. The maximum Gasteiger partial charge on any atom is 0.573 e. The zero-order chi connectivity index (χ0) is 30.3. The number of ether oxygens (including phenoxy) is 5. The number of fused-ring (bicyclic) bond motifs is 1. The molecular weight excluding hydrogens is 566 g/mol. The van der Waals surface area contributed by atoms with E-state index in [-0.39, 0.29) is 43.9 Å². The Balaban J connectivity index is 2.09. The molecule has 1 aromatic carbocycles. The molecule has 1 heterocycles. The highest BCUT2D eigenvalue weighted by molar-refractivity contribution is 5.96. The Morgan fingerprint density at radius 2 is 1.77 bits per heavy atom. The molecule has 0 saturated carbocycles. The van der Waals surface area contributed by atoms with Crippen molar-refractivity contribution in [3.8, 4) is 11.5 Å². The normalized spacial score (nSPS) is 15.8. The lowest BCUT2D eigenvalue weighted by Gasteiger charge is -2.30. The maximum absolute atomic E-state index is 13.8. The van der Waals surface area contributed by atoms with Crippen LogP contribution in [0.4, 0.5) is 31.1 Å². The van der Waals surface area contributed by atoms with E-state index in [1.807, 2.05) is 0 Å². The first-order chi connectivity index (χ1) is 18.5. The van der Waals surface area contributed by atoms with E-state index in [9.17, 15) is 46.0 Å². The number of likely N-dealkylation sites (N-methyl/N-ethyl adjacent to an activating group) is 1. The van der Waals surface area contributed by atoms with Crippen LogP contribution in [0.2, 0.25) is 0 Å². The number of aryl methyl sites for hydroxylation is 1. The Morgan fingerprint density at radius 1 is 1.12 bits per heavy atom. The van der Waals surface area contributed by atoms with E-state index in [0.29, 0.717) is 6.08 Å². The van der Waals surface area contributed by atoms with Crippen molar-refractivity contribution in [2.24, 2.45) is 0 Å². The molecule has 18 heteroatoms. The summed E-state index contributed by atoms with van der Waals surface area (Å²) in [5.41, 5.74) is -1.45. The molecule has 1 aliphatic heterocycles. The van der Waals surface area contributed by atoms with Crippen LogP contribution in [0, 0.1) is 10.1 Å². The molecule has 0 amide bonds. The molecule has 0 N–H and O–H groups in total. The number of hydrogen-bond donors (Lipinski definition) is 0. The number of rotatable bonds is 12. The summed E-state index contributed by atoms with van der Waals surface area (Å²) in [5, 5.41) is 9.13. The second-order valence-corrected chi connectivity index (χ2v) is 8.09. The molecule has 0 aliphatic carbocycles. The Labute approximate surface area is 222 Å². The summed E-state index contributed by atoms with van der Waals surface area (Å²) >= 11 is 0. The molecule has 1 aliphatic rings. The van der Waals surface area contributed by atoms with Gasteiger partial charge in [-0.1, -0.05) is 6.92 Å². The van der Waals surface area contributed by atoms with Crippen molar-refractivity contribution >= 4 is 18.2 Å². The van der Waals surface area contributed by atoms with Gasteiger partial charge in [-0.2, -0.15) is 13.2 Å². The lowest BCUT2D eigenvalue weighted by Crippen LogP contribution is -2.41. The lowest BCUT2D eigenvalue weighted by atomic mass is 9.97. The molecular formula is C22H24F6N2O10. The molecule has 40 heavy (non-hydrogen) atoms. The summed E-state index contributed by atoms with van der Waals surface area (Å²) in [5.74, 6) is -2.76. The molecule has 2 unspecified atom stereocenters. The van der Waals surface area contributed by atoms with E-state index in [1.165, 1.54) is 11.8 Å². The lowest BCUT2D eigenvalue weighted by molar-refractivity contribution is -0.757. The summed E-state index contributed by atoms with van der Waals surface area (Å²) in [6.45, 7) is 2.19.